The second-order valence-electron chi connectivity index (χ2n) is 14.8. The Balaban J connectivity index is 1.55. The smallest absolute Gasteiger partial charge is 0.186 e. The normalized spacial score (nSPS) is 45.6. The van der Waals surface area contributed by atoms with E-state index < -0.39 is 11.7 Å². The molecule has 0 saturated heterocycles. The largest absolute Gasteiger partial charge is 0.396 e. The first-order valence-corrected chi connectivity index (χ1v) is 15.7. The molecule has 0 heterocycles. The van der Waals surface area contributed by atoms with Crippen LogP contribution in [-0.2, 0) is 14.3 Å². The molecule has 4 fully saturated rings. The van der Waals surface area contributed by atoms with Gasteiger partial charge in [-0.15, -0.1) is 0 Å². The van der Waals surface area contributed by atoms with Crippen LogP contribution in [0.5, 0.6) is 0 Å². The molecule has 5 aliphatic rings. The molecule has 38 heavy (non-hydrogen) atoms. The molecule has 4 saturated carbocycles. The molecule has 0 spiro atoms. The van der Waals surface area contributed by atoms with Crippen molar-refractivity contribution in [2.75, 3.05) is 19.8 Å². The van der Waals surface area contributed by atoms with Crippen LogP contribution in [0.15, 0.2) is 23.8 Å². The van der Waals surface area contributed by atoms with Crippen molar-refractivity contribution in [1.29, 1.82) is 0 Å². The lowest BCUT2D eigenvalue weighted by Crippen LogP contribution is -2.62. The molecule has 0 aliphatic heterocycles. The van der Waals surface area contributed by atoms with Crippen molar-refractivity contribution in [2.24, 2.45) is 57.2 Å². The molecule has 1 N–H and O–H groups in total. The minimum Gasteiger partial charge on any atom is -0.396 e. The molecule has 0 aromatic rings. The third kappa shape index (κ3) is 3.90. The molecule has 5 aliphatic carbocycles. The van der Waals surface area contributed by atoms with Crippen LogP contribution in [0.25, 0.3) is 0 Å². The zero-order valence-corrected chi connectivity index (χ0v) is 25.3. The van der Waals surface area contributed by atoms with E-state index >= 15 is 0 Å². The van der Waals surface area contributed by atoms with Crippen molar-refractivity contribution in [3.05, 3.63) is 23.8 Å². The number of hydrogen-bond donors (Lipinski definition) is 1. The van der Waals surface area contributed by atoms with Crippen LogP contribution < -0.4 is 0 Å². The van der Waals surface area contributed by atoms with E-state index in [9.17, 15) is 9.90 Å². The lowest BCUT2D eigenvalue weighted by molar-refractivity contribution is -0.183. The van der Waals surface area contributed by atoms with Crippen molar-refractivity contribution >= 4 is 5.78 Å². The molecule has 0 amide bonds. The van der Waals surface area contributed by atoms with Crippen molar-refractivity contribution < 1.29 is 19.4 Å². The molecular weight excluding hydrogens is 472 g/mol. The molecule has 4 nitrogen and oxygen atoms in total. The van der Waals surface area contributed by atoms with Gasteiger partial charge >= 0.3 is 0 Å². The van der Waals surface area contributed by atoms with Gasteiger partial charge in [0, 0.05) is 30.8 Å². The van der Waals surface area contributed by atoms with E-state index in [1.54, 1.807) is 0 Å². The Labute approximate surface area is 232 Å². The number of carbonyl (C=O) groups is 1. The highest BCUT2D eigenvalue weighted by atomic mass is 16.7. The Morgan fingerprint density at radius 2 is 1.66 bits per heavy atom. The monoisotopic (exact) mass is 526 g/mol. The van der Waals surface area contributed by atoms with Gasteiger partial charge in [-0.2, -0.15) is 0 Å². The average molecular weight is 527 g/mol. The van der Waals surface area contributed by atoms with Gasteiger partial charge in [0.15, 0.2) is 12.1 Å². The van der Waals surface area contributed by atoms with E-state index in [-0.39, 0.29) is 22.0 Å². The Morgan fingerprint density at radius 1 is 1.00 bits per heavy atom. The summed E-state index contributed by atoms with van der Waals surface area (Å²) in [5.74, 6) is 3.55. The number of allylic oxidation sites excluding steroid dienone is 2. The number of fused-ring (bicyclic) bond motifs is 7. The van der Waals surface area contributed by atoms with Crippen LogP contribution in [0.3, 0.4) is 0 Å². The molecule has 214 valence electrons. The summed E-state index contributed by atoms with van der Waals surface area (Å²) >= 11 is 0. The van der Waals surface area contributed by atoms with Crippen LogP contribution in [-0.4, -0.2) is 37.0 Å². The van der Waals surface area contributed by atoms with Gasteiger partial charge < -0.3 is 14.6 Å². The third-order valence-corrected chi connectivity index (χ3v) is 13.0. The average Bonchev–Trinajstić information content (AvgIpc) is 3.27. The van der Waals surface area contributed by atoms with Gasteiger partial charge in [-0.25, -0.2) is 0 Å². The quantitative estimate of drug-likeness (QED) is 0.278. The third-order valence-electron chi connectivity index (χ3n) is 13.0. The fourth-order valence-corrected chi connectivity index (χ4v) is 11.5. The highest BCUT2D eigenvalue weighted by Gasteiger charge is 2.67. The maximum absolute atomic E-state index is 13.9. The molecule has 0 aromatic carbocycles. The molecule has 4 heteroatoms. The predicted molar refractivity (Wildman–Crippen MR) is 152 cm³/mol. The topological polar surface area (TPSA) is 55.8 Å². The second-order valence-corrected chi connectivity index (χ2v) is 14.8. The minimum atomic E-state index is -0.575. The molecule has 0 aromatic heterocycles. The number of rotatable bonds is 7. The molecule has 0 radical (unpaired) electrons. The summed E-state index contributed by atoms with van der Waals surface area (Å²) in [6, 6.07) is 0. The van der Waals surface area contributed by atoms with E-state index in [0.29, 0.717) is 55.3 Å². The van der Waals surface area contributed by atoms with Crippen molar-refractivity contribution in [1.82, 2.24) is 0 Å². The lowest BCUT2D eigenvalue weighted by Gasteiger charge is -2.67. The first-order chi connectivity index (χ1) is 17.9. The highest BCUT2D eigenvalue weighted by molar-refractivity contribution is 6.01. The number of Topliss-reactive ketones (excluding diaryl/α,β-unsaturated/α-hetero) is 1. The SMILES string of the molecule is C=C(C)[C@@H]1CC[C@]2(CO)CCC3[C@H](CC[C@@H]4[C@@]5(C)C=C(C(OCC)OCC)C(=O)C(C)(C)[C@@H]5CC[C@@]34C)[C@@H]12. The standard InChI is InChI=1S/C34H54O4/c1-9-37-30(38-10-2)24-19-33(8)26(31(5,6)29(24)36)15-16-32(7)25-14-18-34(20-35)17-13-22(21(3)4)28(34)23(25)11-12-27(32)33/h19,22-23,25-28,30,35H,3,9-18,20H2,1-2,4-8H3/t22-,23-,25?,26-,27-,28+,32-,33-,34+/m0/s1. The maximum atomic E-state index is 13.9. The molecule has 5 rings (SSSR count). The number of ketones is 1. The van der Waals surface area contributed by atoms with E-state index in [0.717, 1.165) is 24.8 Å². The summed E-state index contributed by atoms with van der Waals surface area (Å²) in [7, 11) is 0. The minimum absolute atomic E-state index is 0.0634. The number of carbonyl (C=O) groups excluding carboxylic acids is 1. The first kappa shape index (κ1) is 28.6. The Bertz CT molecular complexity index is 975. The van der Waals surface area contributed by atoms with E-state index in [1.807, 2.05) is 13.8 Å². The van der Waals surface area contributed by atoms with Gasteiger partial charge in [0.1, 0.15) is 0 Å². The lowest BCUT2D eigenvalue weighted by atomic mass is 9.36. The van der Waals surface area contributed by atoms with Crippen LogP contribution in [0.2, 0.25) is 0 Å². The fraction of sp³-hybridized carbons (Fsp3) is 0.853. The number of hydrogen-bond acceptors (Lipinski definition) is 4. The fourth-order valence-electron chi connectivity index (χ4n) is 11.5. The van der Waals surface area contributed by atoms with Gasteiger partial charge in [0.2, 0.25) is 0 Å². The van der Waals surface area contributed by atoms with Gasteiger partial charge in [-0.1, -0.05) is 45.9 Å². The predicted octanol–water partition coefficient (Wildman–Crippen LogP) is 7.36. The van der Waals surface area contributed by atoms with Crippen LogP contribution in [0.1, 0.15) is 99.8 Å². The Kier molecular flexibility index (Phi) is 7.39. The number of aliphatic hydroxyl groups is 1. The van der Waals surface area contributed by atoms with Gasteiger partial charge in [-0.05, 0) is 124 Å². The Morgan fingerprint density at radius 3 is 2.26 bits per heavy atom. The highest BCUT2D eigenvalue weighted by Crippen LogP contribution is 2.73. The zero-order chi connectivity index (χ0) is 27.7. The molecule has 1 unspecified atom stereocenters. The van der Waals surface area contributed by atoms with Gasteiger partial charge in [0.25, 0.3) is 0 Å². The maximum Gasteiger partial charge on any atom is 0.186 e. The van der Waals surface area contributed by atoms with Crippen LogP contribution in [0, 0.1) is 57.2 Å². The van der Waals surface area contributed by atoms with Gasteiger partial charge in [0.05, 0.1) is 0 Å². The summed E-state index contributed by atoms with van der Waals surface area (Å²) in [6.45, 7) is 21.4. The van der Waals surface area contributed by atoms with E-state index in [2.05, 4.69) is 47.3 Å². The van der Waals surface area contributed by atoms with Crippen LogP contribution in [0.4, 0.5) is 0 Å². The molecular formula is C34H54O4. The number of ether oxygens (including phenoxy) is 2. The molecule has 9 atom stereocenters. The van der Waals surface area contributed by atoms with Crippen LogP contribution >= 0.6 is 0 Å². The van der Waals surface area contributed by atoms with E-state index in [4.69, 9.17) is 9.47 Å². The molecule has 0 bridgehead atoms. The Hall–Kier alpha value is -0.970. The van der Waals surface area contributed by atoms with Gasteiger partial charge in [-0.3, -0.25) is 4.79 Å². The second kappa shape index (κ2) is 9.84. The summed E-state index contributed by atoms with van der Waals surface area (Å²) in [6.07, 6.45) is 11.3. The first-order valence-electron chi connectivity index (χ1n) is 15.7. The number of aliphatic hydroxyl groups excluding tert-OH is 1. The summed E-state index contributed by atoms with van der Waals surface area (Å²) in [5, 5.41) is 10.7. The van der Waals surface area contributed by atoms with E-state index in [1.165, 1.54) is 37.7 Å². The van der Waals surface area contributed by atoms with Crippen molar-refractivity contribution in [2.45, 2.75) is 106 Å². The van der Waals surface area contributed by atoms with Crippen molar-refractivity contribution in [3.8, 4) is 0 Å². The summed E-state index contributed by atoms with van der Waals surface area (Å²) in [4.78, 5) is 13.9. The zero-order valence-electron chi connectivity index (χ0n) is 25.3. The summed E-state index contributed by atoms with van der Waals surface area (Å²) < 4.78 is 12.0. The van der Waals surface area contributed by atoms with Crippen molar-refractivity contribution in [3.63, 3.8) is 0 Å². The summed E-state index contributed by atoms with van der Waals surface area (Å²) in [5.41, 5.74) is 1.92.